The summed E-state index contributed by atoms with van der Waals surface area (Å²) in [6, 6.07) is 4.20. The zero-order valence-electron chi connectivity index (χ0n) is 26.9. The number of hydrogen-bond donors (Lipinski definition) is 1. The molecule has 2 aromatic rings. The van der Waals surface area contributed by atoms with Crippen molar-refractivity contribution in [2.24, 2.45) is 5.41 Å². The summed E-state index contributed by atoms with van der Waals surface area (Å²) >= 11 is 0. The SMILES string of the molecule is C=CCOC1CCCC1OC(=O)NC(C(=O)N1CC(C)(Oc2nc3ccccc3nc2C(F)(F)C=C)CC1C(=O)OC)C(C)(C)C. The molecule has 0 spiro atoms. The molecule has 250 valence electrons. The van der Waals surface area contributed by atoms with Crippen molar-refractivity contribution >= 4 is 29.0 Å². The number of aromatic nitrogens is 2. The van der Waals surface area contributed by atoms with E-state index in [0.717, 1.165) is 12.8 Å². The number of amides is 2. The molecule has 5 atom stereocenters. The normalized spacial score (nSPS) is 23.9. The summed E-state index contributed by atoms with van der Waals surface area (Å²) in [6.45, 7) is 13.9. The summed E-state index contributed by atoms with van der Waals surface area (Å²) in [5, 5.41) is 2.69. The Kier molecular flexibility index (Phi) is 10.3. The number of para-hydroxylation sites is 2. The summed E-state index contributed by atoms with van der Waals surface area (Å²) in [5.74, 6) is -5.37. The number of nitrogens with zero attached hydrogens (tertiary/aromatic N) is 3. The largest absolute Gasteiger partial charge is 0.468 e. The van der Waals surface area contributed by atoms with E-state index in [1.54, 1.807) is 58.0 Å². The summed E-state index contributed by atoms with van der Waals surface area (Å²) < 4.78 is 52.6. The molecule has 0 radical (unpaired) electrons. The standard InChI is InChI=1S/C33H42F2N4O7/c1-8-17-44-23-15-12-16-24(23)45-30(42)38-26(31(3,4)5)28(40)39-19-32(6,18-22(39)29(41)43-7)46-27-25(33(34,35)9-2)36-20-13-10-11-14-21(20)37-27/h8-11,13-14,22-24,26H,1-2,12,15-19H2,3-7H3,(H,38,42). The molecule has 1 N–H and O–H groups in total. The number of methoxy groups -OCH3 is 1. The van der Waals surface area contributed by atoms with E-state index in [4.69, 9.17) is 18.9 Å². The number of likely N-dealkylation sites (tertiary alicyclic amines) is 1. The van der Waals surface area contributed by atoms with Crippen LogP contribution in [0.1, 0.15) is 59.1 Å². The fourth-order valence-electron chi connectivity index (χ4n) is 5.82. The van der Waals surface area contributed by atoms with E-state index in [9.17, 15) is 14.4 Å². The third kappa shape index (κ3) is 7.63. The van der Waals surface area contributed by atoms with Crippen LogP contribution in [0.15, 0.2) is 49.6 Å². The molecular weight excluding hydrogens is 602 g/mol. The van der Waals surface area contributed by atoms with Crippen LogP contribution in [0.2, 0.25) is 0 Å². The highest BCUT2D eigenvalue weighted by Crippen LogP contribution is 2.39. The molecule has 1 aromatic heterocycles. The number of nitrogens with one attached hydrogen (secondary N) is 1. The zero-order chi connectivity index (χ0) is 33.9. The summed E-state index contributed by atoms with van der Waals surface area (Å²) in [6.07, 6.45) is 2.53. The van der Waals surface area contributed by atoms with Gasteiger partial charge >= 0.3 is 18.0 Å². The Bertz CT molecular complexity index is 1480. The number of esters is 1. The molecule has 1 aliphatic heterocycles. The van der Waals surface area contributed by atoms with Crippen LogP contribution in [0.3, 0.4) is 0 Å². The van der Waals surface area contributed by atoms with Crippen LogP contribution in [0.5, 0.6) is 5.88 Å². The Morgan fingerprint density at radius 2 is 1.78 bits per heavy atom. The maximum absolute atomic E-state index is 15.0. The van der Waals surface area contributed by atoms with E-state index >= 15 is 8.78 Å². The number of halogens is 2. The van der Waals surface area contributed by atoms with Crippen LogP contribution in [0.25, 0.3) is 11.0 Å². The number of ether oxygens (including phenoxy) is 4. The van der Waals surface area contributed by atoms with Crippen molar-refractivity contribution in [1.82, 2.24) is 20.2 Å². The lowest BCUT2D eigenvalue weighted by Gasteiger charge is -2.35. The van der Waals surface area contributed by atoms with Gasteiger partial charge in [0.1, 0.15) is 23.8 Å². The Balaban J connectivity index is 1.61. The molecule has 0 bridgehead atoms. The van der Waals surface area contributed by atoms with Crippen molar-refractivity contribution < 1.29 is 42.1 Å². The third-order valence-electron chi connectivity index (χ3n) is 8.17. The number of alkyl carbamates (subject to hydrolysis) is 1. The second kappa shape index (κ2) is 13.7. The third-order valence-corrected chi connectivity index (χ3v) is 8.17. The Hall–Kier alpha value is -4.13. The molecule has 4 rings (SSSR count). The van der Waals surface area contributed by atoms with Gasteiger partial charge in [0.25, 0.3) is 0 Å². The first kappa shape index (κ1) is 34.7. The first-order valence-electron chi connectivity index (χ1n) is 15.2. The molecule has 13 heteroatoms. The van der Waals surface area contributed by atoms with E-state index in [1.165, 1.54) is 12.0 Å². The summed E-state index contributed by atoms with van der Waals surface area (Å²) in [5.41, 5.74) is -2.40. The highest BCUT2D eigenvalue weighted by molar-refractivity contribution is 5.91. The molecule has 11 nitrogen and oxygen atoms in total. The average Bonchev–Trinajstić information content (AvgIpc) is 3.60. The number of fused-ring (bicyclic) bond motifs is 1. The van der Waals surface area contributed by atoms with Gasteiger partial charge in [-0.25, -0.2) is 19.6 Å². The Morgan fingerprint density at radius 3 is 2.39 bits per heavy atom. The van der Waals surface area contributed by atoms with Gasteiger partial charge < -0.3 is 29.2 Å². The monoisotopic (exact) mass is 644 g/mol. The predicted molar refractivity (Wildman–Crippen MR) is 165 cm³/mol. The zero-order valence-corrected chi connectivity index (χ0v) is 26.9. The second-order valence-corrected chi connectivity index (χ2v) is 12.9. The van der Waals surface area contributed by atoms with E-state index in [1.807, 2.05) is 0 Å². The lowest BCUT2D eigenvalue weighted by Crippen LogP contribution is -2.57. The number of carbonyl (C=O) groups is 3. The Labute approximate surface area is 267 Å². The summed E-state index contributed by atoms with van der Waals surface area (Å²) in [7, 11) is 1.18. The number of rotatable bonds is 11. The average molecular weight is 645 g/mol. The van der Waals surface area contributed by atoms with Gasteiger partial charge in [-0.15, -0.1) is 6.58 Å². The molecule has 1 saturated carbocycles. The predicted octanol–water partition coefficient (Wildman–Crippen LogP) is 5.08. The van der Waals surface area contributed by atoms with Gasteiger partial charge in [-0.2, -0.15) is 8.78 Å². The number of hydrogen-bond acceptors (Lipinski definition) is 9. The molecule has 2 amide bonds. The fourth-order valence-corrected chi connectivity index (χ4v) is 5.82. The summed E-state index contributed by atoms with van der Waals surface area (Å²) in [4.78, 5) is 50.0. The van der Waals surface area contributed by atoms with Crippen LogP contribution in [0.4, 0.5) is 13.6 Å². The molecule has 1 saturated heterocycles. The van der Waals surface area contributed by atoms with Crippen LogP contribution in [-0.2, 0) is 29.7 Å². The fraction of sp³-hybridized carbons (Fsp3) is 0.545. The van der Waals surface area contributed by atoms with Crippen molar-refractivity contribution in [2.45, 2.75) is 89.2 Å². The second-order valence-electron chi connectivity index (χ2n) is 12.9. The van der Waals surface area contributed by atoms with Crippen LogP contribution >= 0.6 is 0 Å². The van der Waals surface area contributed by atoms with E-state index in [-0.39, 0.29) is 24.6 Å². The first-order valence-corrected chi connectivity index (χ1v) is 15.2. The van der Waals surface area contributed by atoms with Crippen LogP contribution in [0, 0.1) is 5.41 Å². The number of carbonyl (C=O) groups excluding carboxylic acids is 3. The van der Waals surface area contributed by atoms with Crippen molar-refractivity contribution in [3.05, 3.63) is 55.3 Å². The maximum Gasteiger partial charge on any atom is 0.408 e. The van der Waals surface area contributed by atoms with E-state index in [0.29, 0.717) is 24.6 Å². The van der Waals surface area contributed by atoms with E-state index < -0.39 is 64.7 Å². The maximum atomic E-state index is 15.0. The molecule has 2 heterocycles. The minimum atomic E-state index is -3.59. The smallest absolute Gasteiger partial charge is 0.408 e. The van der Waals surface area contributed by atoms with E-state index in [2.05, 4.69) is 28.4 Å². The van der Waals surface area contributed by atoms with Crippen LogP contribution < -0.4 is 10.1 Å². The molecule has 2 aliphatic rings. The van der Waals surface area contributed by atoms with Gasteiger partial charge in [-0.3, -0.25) is 4.79 Å². The number of benzene rings is 1. The van der Waals surface area contributed by atoms with Gasteiger partial charge in [0, 0.05) is 6.42 Å². The minimum Gasteiger partial charge on any atom is -0.468 e. The Morgan fingerprint density at radius 1 is 1.13 bits per heavy atom. The molecule has 5 unspecified atom stereocenters. The lowest BCUT2D eigenvalue weighted by molar-refractivity contribution is -0.152. The first-order chi connectivity index (χ1) is 21.6. The highest BCUT2D eigenvalue weighted by Gasteiger charge is 2.52. The van der Waals surface area contributed by atoms with Crippen molar-refractivity contribution in [2.75, 3.05) is 20.3 Å². The highest BCUT2D eigenvalue weighted by atomic mass is 19.3. The lowest BCUT2D eigenvalue weighted by atomic mass is 9.85. The van der Waals surface area contributed by atoms with Gasteiger partial charge in [0.2, 0.25) is 11.8 Å². The van der Waals surface area contributed by atoms with Gasteiger partial charge in [0.15, 0.2) is 5.69 Å². The van der Waals surface area contributed by atoms with Crippen LogP contribution in [-0.4, -0.2) is 83.0 Å². The molecule has 2 fully saturated rings. The van der Waals surface area contributed by atoms with Gasteiger partial charge in [-0.1, -0.05) is 45.6 Å². The molecule has 1 aromatic carbocycles. The molecule has 46 heavy (non-hydrogen) atoms. The van der Waals surface area contributed by atoms with Gasteiger partial charge in [-0.05, 0) is 49.8 Å². The minimum absolute atomic E-state index is 0.106. The molecular formula is C33H42F2N4O7. The van der Waals surface area contributed by atoms with Crippen molar-refractivity contribution in [3.8, 4) is 5.88 Å². The quantitative estimate of drug-likeness (QED) is 0.263. The number of allylic oxidation sites excluding steroid dienone is 1. The van der Waals surface area contributed by atoms with Crippen molar-refractivity contribution in [3.63, 3.8) is 0 Å². The number of alkyl halides is 2. The topological polar surface area (TPSA) is 129 Å². The molecule has 1 aliphatic carbocycles. The van der Waals surface area contributed by atoms with Gasteiger partial charge in [0.05, 0.1) is 37.4 Å². The van der Waals surface area contributed by atoms with Crippen molar-refractivity contribution in [1.29, 1.82) is 0 Å².